The first kappa shape index (κ1) is 32.9. The maximum absolute atomic E-state index is 15.5. The monoisotopic (exact) mass is 644 g/mol. The van der Waals surface area contributed by atoms with Gasteiger partial charge in [-0.25, -0.2) is 14.2 Å². The van der Waals surface area contributed by atoms with Gasteiger partial charge in [-0.15, -0.1) is 0 Å². The summed E-state index contributed by atoms with van der Waals surface area (Å²) in [6, 6.07) is 14.4. The molecule has 1 N–H and O–H groups in total. The summed E-state index contributed by atoms with van der Waals surface area (Å²) < 4.78 is 36.2. The number of aromatic nitrogens is 3. The average Bonchev–Trinajstić information content (AvgIpc) is 3.43. The van der Waals surface area contributed by atoms with Crippen molar-refractivity contribution in [1.29, 1.82) is 0 Å². The summed E-state index contributed by atoms with van der Waals surface area (Å²) in [4.78, 5) is 19.8. The molecule has 1 saturated heterocycles. The van der Waals surface area contributed by atoms with Gasteiger partial charge in [0.25, 0.3) is 0 Å². The average molecular weight is 645 g/mol. The van der Waals surface area contributed by atoms with E-state index in [1.807, 2.05) is 71.0 Å². The number of hydrogen-bond donors (Lipinski definition) is 1. The minimum atomic E-state index is -1.25. The van der Waals surface area contributed by atoms with Crippen molar-refractivity contribution in [2.24, 2.45) is 0 Å². The first-order chi connectivity index (χ1) is 22.3. The molecule has 3 aliphatic rings. The van der Waals surface area contributed by atoms with Crippen LogP contribution in [-0.4, -0.2) is 62.7 Å². The zero-order valence-corrected chi connectivity index (χ0v) is 28.2. The molecule has 2 unspecified atom stereocenters. The molecule has 0 saturated carbocycles. The molecule has 0 spiro atoms. The fourth-order valence-corrected chi connectivity index (χ4v) is 6.63. The SMILES string of the molecule is Cc1nc2cc3nn2c(c1C(OC(C)(C)C)C(=O)O)N1CCC(C)(CC1)OCCCCC(C)Oc1cccc(F)c1-c1cccc-3c1. The summed E-state index contributed by atoms with van der Waals surface area (Å²) in [7, 11) is 0. The molecule has 2 aromatic heterocycles. The van der Waals surface area contributed by atoms with Gasteiger partial charge in [0.2, 0.25) is 0 Å². The van der Waals surface area contributed by atoms with E-state index < -0.39 is 17.7 Å². The summed E-state index contributed by atoms with van der Waals surface area (Å²) in [6.45, 7) is 13.5. The van der Waals surface area contributed by atoms with Crippen LogP contribution in [0.25, 0.3) is 28.0 Å². The second-order valence-electron chi connectivity index (χ2n) is 14.1. The van der Waals surface area contributed by atoms with Crippen LogP contribution in [0.2, 0.25) is 0 Å². The molecule has 6 bridgehead atoms. The van der Waals surface area contributed by atoms with Crippen LogP contribution in [0.5, 0.6) is 5.75 Å². The smallest absolute Gasteiger partial charge is 0.337 e. The maximum atomic E-state index is 15.5. The highest BCUT2D eigenvalue weighted by molar-refractivity contribution is 5.80. The number of aliphatic carboxylic acids is 1. The Morgan fingerprint density at radius 1 is 1.11 bits per heavy atom. The number of nitrogens with zero attached hydrogens (tertiary/aromatic N) is 4. The molecule has 2 atom stereocenters. The Labute approximate surface area is 275 Å². The minimum absolute atomic E-state index is 0.0968. The van der Waals surface area contributed by atoms with E-state index in [0.717, 1.165) is 37.7 Å². The molecule has 250 valence electrons. The normalized spacial score (nSPS) is 21.3. The molecule has 4 aromatic rings. The van der Waals surface area contributed by atoms with E-state index in [4.69, 9.17) is 24.3 Å². The third-order valence-electron chi connectivity index (χ3n) is 9.09. The molecule has 0 amide bonds. The number of fused-ring (bicyclic) bond motifs is 8. The van der Waals surface area contributed by atoms with Crippen molar-refractivity contribution in [2.75, 3.05) is 24.6 Å². The van der Waals surface area contributed by atoms with Gasteiger partial charge in [0.05, 0.1) is 34.1 Å². The number of anilines is 1. The Bertz CT molecular complexity index is 1770. The number of benzene rings is 2. The van der Waals surface area contributed by atoms with Crippen molar-refractivity contribution >= 4 is 17.4 Å². The Hall–Kier alpha value is -4.02. The molecule has 0 aliphatic carbocycles. The quantitative estimate of drug-likeness (QED) is 0.242. The molecule has 0 radical (unpaired) electrons. The lowest BCUT2D eigenvalue weighted by Gasteiger charge is -2.41. The van der Waals surface area contributed by atoms with Gasteiger partial charge in [-0.3, -0.25) is 0 Å². The summed E-state index contributed by atoms with van der Waals surface area (Å²) in [6.07, 6.45) is 2.82. The van der Waals surface area contributed by atoms with Crippen molar-refractivity contribution in [3.63, 3.8) is 0 Å². The number of hydrogen-bond acceptors (Lipinski definition) is 7. The molecule has 47 heavy (non-hydrogen) atoms. The van der Waals surface area contributed by atoms with Crippen LogP contribution in [0.15, 0.2) is 48.5 Å². The van der Waals surface area contributed by atoms with Gasteiger partial charge in [-0.05, 0) is 97.4 Å². The molecular weight excluding hydrogens is 599 g/mol. The Morgan fingerprint density at radius 3 is 2.55 bits per heavy atom. The standard InChI is InChI=1S/C37H45FN4O5/c1-23-11-7-8-20-45-37(6)16-18-41(19-17-37)34-31(33(35(43)44)47-36(3,4)5)24(2)39-30-22-28(40-42(30)34)25-12-9-13-26(21-25)32-27(38)14-10-15-29(32)46-23/h9-10,12-15,21-23,33H,7-8,11,16-20H2,1-6H3,(H,43,44). The summed E-state index contributed by atoms with van der Waals surface area (Å²) in [5.41, 5.74) is 3.09. The van der Waals surface area contributed by atoms with Crippen LogP contribution in [-0.2, 0) is 14.3 Å². The van der Waals surface area contributed by atoms with Crippen molar-refractivity contribution in [3.8, 4) is 28.1 Å². The topological polar surface area (TPSA) is 98.4 Å². The first-order valence-electron chi connectivity index (χ1n) is 16.6. The molecule has 7 rings (SSSR count). The molecule has 2 aromatic carbocycles. The first-order valence-corrected chi connectivity index (χ1v) is 16.6. The predicted octanol–water partition coefficient (Wildman–Crippen LogP) is 7.78. The fourth-order valence-electron chi connectivity index (χ4n) is 6.63. The van der Waals surface area contributed by atoms with Gasteiger partial charge >= 0.3 is 5.97 Å². The molecule has 10 heteroatoms. The number of carboxylic acid groups (broad SMARTS) is 1. The summed E-state index contributed by atoms with van der Waals surface area (Å²) >= 11 is 0. The van der Waals surface area contributed by atoms with Gasteiger partial charge in [0, 0.05) is 37.0 Å². The van der Waals surface area contributed by atoms with Gasteiger partial charge in [0.15, 0.2) is 11.8 Å². The van der Waals surface area contributed by atoms with Gasteiger partial charge in [-0.2, -0.15) is 9.61 Å². The molecule has 5 heterocycles. The van der Waals surface area contributed by atoms with Crippen LogP contribution in [0.1, 0.15) is 84.1 Å². The van der Waals surface area contributed by atoms with Crippen molar-refractivity contribution < 1.29 is 28.5 Å². The van der Waals surface area contributed by atoms with E-state index in [9.17, 15) is 9.90 Å². The van der Waals surface area contributed by atoms with Gasteiger partial charge in [-0.1, -0.05) is 24.3 Å². The number of halogens is 1. The van der Waals surface area contributed by atoms with Crippen LogP contribution in [0.4, 0.5) is 10.2 Å². The summed E-state index contributed by atoms with van der Waals surface area (Å²) in [5.74, 6) is -0.302. The predicted molar refractivity (Wildman–Crippen MR) is 180 cm³/mol. The van der Waals surface area contributed by atoms with E-state index in [2.05, 4.69) is 11.8 Å². The second-order valence-corrected chi connectivity index (χ2v) is 14.1. The minimum Gasteiger partial charge on any atom is -0.490 e. The number of rotatable bonds is 3. The second kappa shape index (κ2) is 12.9. The third-order valence-corrected chi connectivity index (χ3v) is 9.09. The number of ether oxygens (including phenoxy) is 3. The van der Waals surface area contributed by atoms with E-state index in [1.54, 1.807) is 10.6 Å². The molecule has 9 nitrogen and oxygen atoms in total. The number of carbonyl (C=O) groups is 1. The van der Waals surface area contributed by atoms with Crippen LogP contribution >= 0.6 is 0 Å². The van der Waals surface area contributed by atoms with Crippen LogP contribution < -0.4 is 9.64 Å². The van der Waals surface area contributed by atoms with E-state index in [0.29, 0.717) is 65.0 Å². The largest absolute Gasteiger partial charge is 0.490 e. The maximum Gasteiger partial charge on any atom is 0.337 e. The number of carboxylic acids is 1. The number of piperidine rings is 1. The van der Waals surface area contributed by atoms with Crippen LogP contribution in [0, 0.1) is 12.7 Å². The number of aryl methyl sites for hydroxylation is 1. The van der Waals surface area contributed by atoms with Gasteiger partial charge in [0.1, 0.15) is 17.4 Å². The lowest BCUT2D eigenvalue weighted by atomic mass is 9.92. The fraction of sp³-hybridized carbons (Fsp3) is 0.486. The highest BCUT2D eigenvalue weighted by Gasteiger charge is 2.38. The van der Waals surface area contributed by atoms with E-state index in [-0.39, 0.29) is 17.5 Å². The Morgan fingerprint density at radius 2 is 1.83 bits per heavy atom. The summed E-state index contributed by atoms with van der Waals surface area (Å²) in [5, 5.41) is 15.5. The van der Waals surface area contributed by atoms with Gasteiger partial charge < -0.3 is 24.2 Å². The highest BCUT2D eigenvalue weighted by Crippen LogP contribution is 2.40. The lowest BCUT2D eigenvalue weighted by Crippen LogP contribution is -2.46. The van der Waals surface area contributed by atoms with E-state index >= 15 is 4.39 Å². The highest BCUT2D eigenvalue weighted by atomic mass is 19.1. The molecular formula is C37H45FN4O5. The van der Waals surface area contributed by atoms with Crippen molar-refractivity contribution in [2.45, 2.75) is 97.1 Å². The van der Waals surface area contributed by atoms with Crippen LogP contribution in [0.3, 0.4) is 0 Å². The van der Waals surface area contributed by atoms with Crippen molar-refractivity contribution in [3.05, 3.63) is 65.6 Å². The third kappa shape index (κ3) is 6.99. The lowest BCUT2D eigenvalue weighted by molar-refractivity contribution is -0.160. The zero-order valence-electron chi connectivity index (χ0n) is 28.2. The Kier molecular flexibility index (Phi) is 9.02. The molecule has 3 aliphatic heterocycles. The Balaban J connectivity index is 1.54. The van der Waals surface area contributed by atoms with E-state index in [1.165, 1.54) is 6.07 Å². The molecule has 1 fully saturated rings. The zero-order chi connectivity index (χ0) is 33.5. The van der Waals surface area contributed by atoms with Crippen molar-refractivity contribution in [1.82, 2.24) is 14.6 Å².